The van der Waals surface area contributed by atoms with E-state index < -0.39 is 5.91 Å². The SMILES string of the molecule is O=C(NCCS)/C(Cc1cc(Br)c(O)c(Br)c1)=N/O. The molecule has 1 aromatic carbocycles. The lowest BCUT2D eigenvalue weighted by Crippen LogP contribution is -2.33. The number of phenols is 1. The van der Waals surface area contributed by atoms with Crippen LogP contribution in [0.2, 0.25) is 0 Å². The van der Waals surface area contributed by atoms with Gasteiger partial charge in [-0.3, -0.25) is 4.79 Å². The Kier molecular flexibility index (Phi) is 6.67. The number of carbonyl (C=O) groups is 1. The molecule has 104 valence electrons. The minimum atomic E-state index is -0.447. The fourth-order valence-electron chi connectivity index (χ4n) is 1.35. The number of hydrogen-bond donors (Lipinski definition) is 4. The molecule has 0 radical (unpaired) electrons. The molecule has 3 N–H and O–H groups in total. The summed E-state index contributed by atoms with van der Waals surface area (Å²) in [5.74, 6) is 0.128. The molecule has 0 unspecified atom stereocenters. The van der Waals surface area contributed by atoms with Crippen molar-refractivity contribution >= 4 is 56.1 Å². The lowest BCUT2D eigenvalue weighted by atomic mass is 10.1. The summed E-state index contributed by atoms with van der Waals surface area (Å²) < 4.78 is 0.981. The highest BCUT2D eigenvalue weighted by atomic mass is 79.9. The Morgan fingerprint density at radius 3 is 2.42 bits per heavy atom. The molecular weight excluding hydrogens is 400 g/mol. The van der Waals surface area contributed by atoms with Crippen LogP contribution in [0.25, 0.3) is 0 Å². The summed E-state index contributed by atoms with van der Waals surface area (Å²) in [6.07, 6.45) is 0.145. The molecule has 0 bridgehead atoms. The number of aromatic hydroxyl groups is 1. The van der Waals surface area contributed by atoms with E-state index in [1.807, 2.05) is 0 Å². The highest BCUT2D eigenvalue weighted by Gasteiger charge is 2.14. The minimum Gasteiger partial charge on any atom is -0.506 e. The second-order valence-electron chi connectivity index (χ2n) is 3.61. The fraction of sp³-hybridized carbons (Fsp3) is 0.273. The molecule has 0 saturated heterocycles. The summed E-state index contributed by atoms with van der Waals surface area (Å²) in [4.78, 5) is 11.7. The van der Waals surface area contributed by atoms with Gasteiger partial charge in [-0.25, -0.2) is 0 Å². The molecule has 8 heteroatoms. The van der Waals surface area contributed by atoms with Crippen LogP contribution in [0, 0.1) is 0 Å². The van der Waals surface area contributed by atoms with Crippen molar-refractivity contribution in [2.75, 3.05) is 12.3 Å². The van der Waals surface area contributed by atoms with Crippen molar-refractivity contribution in [1.82, 2.24) is 5.32 Å². The Labute approximate surface area is 132 Å². The lowest BCUT2D eigenvalue weighted by Gasteiger charge is -2.08. The fourth-order valence-corrected chi connectivity index (χ4v) is 2.74. The summed E-state index contributed by atoms with van der Waals surface area (Å²) in [6.45, 7) is 0.393. The zero-order valence-electron chi connectivity index (χ0n) is 9.73. The van der Waals surface area contributed by atoms with Crippen LogP contribution in [0.4, 0.5) is 0 Å². The molecule has 0 atom stereocenters. The van der Waals surface area contributed by atoms with E-state index in [9.17, 15) is 9.90 Å². The monoisotopic (exact) mass is 410 g/mol. The van der Waals surface area contributed by atoms with Crippen molar-refractivity contribution in [2.24, 2.45) is 5.16 Å². The summed E-state index contributed by atoms with van der Waals surface area (Å²) in [5, 5.41) is 24.0. The number of thiol groups is 1. The first-order valence-corrected chi connectivity index (χ1v) is 7.48. The molecule has 0 aliphatic rings. The summed E-state index contributed by atoms with van der Waals surface area (Å²) in [7, 11) is 0. The predicted molar refractivity (Wildman–Crippen MR) is 83.3 cm³/mol. The number of carbonyl (C=O) groups excluding carboxylic acids is 1. The molecule has 0 fully saturated rings. The molecule has 19 heavy (non-hydrogen) atoms. The van der Waals surface area contributed by atoms with Crippen molar-refractivity contribution in [1.29, 1.82) is 0 Å². The van der Waals surface area contributed by atoms with E-state index in [0.29, 0.717) is 26.8 Å². The van der Waals surface area contributed by atoms with Crippen molar-refractivity contribution in [3.05, 3.63) is 26.6 Å². The number of amides is 1. The Bertz CT molecular complexity index is 486. The van der Waals surface area contributed by atoms with Crippen molar-refractivity contribution in [3.8, 4) is 5.75 Å². The van der Waals surface area contributed by atoms with Gasteiger partial charge < -0.3 is 15.6 Å². The van der Waals surface area contributed by atoms with E-state index in [1.165, 1.54) is 0 Å². The Balaban J connectivity index is 2.85. The molecule has 0 heterocycles. The second kappa shape index (κ2) is 7.76. The average Bonchev–Trinajstić information content (AvgIpc) is 2.39. The maximum absolute atomic E-state index is 11.7. The first kappa shape index (κ1) is 16.3. The number of hydrogen-bond acceptors (Lipinski definition) is 5. The minimum absolute atomic E-state index is 0.00808. The Hall–Kier alpha value is -0.730. The Morgan fingerprint density at radius 1 is 1.37 bits per heavy atom. The van der Waals surface area contributed by atoms with E-state index in [4.69, 9.17) is 5.21 Å². The van der Waals surface area contributed by atoms with E-state index in [2.05, 4.69) is 55.0 Å². The van der Waals surface area contributed by atoms with Gasteiger partial charge in [-0.15, -0.1) is 0 Å². The third kappa shape index (κ3) is 4.70. The van der Waals surface area contributed by atoms with E-state index in [-0.39, 0.29) is 17.9 Å². The number of nitrogens with one attached hydrogen (secondary N) is 1. The van der Waals surface area contributed by atoms with Gasteiger partial charge in [0.05, 0.1) is 8.95 Å². The van der Waals surface area contributed by atoms with Gasteiger partial charge in [0.25, 0.3) is 5.91 Å². The highest BCUT2D eigenvalue weighted by molar-refractivity contribution is 9.11. The first-order valence-electron chi connectivity index (χ1n) is 5.26. The summed E-state index contributed by atoms with van der Waals surface area (Å²) >= 11 is 10.4. The number of phenolic OH excluding ortho intramolecular Hbond substituents is 1. The van der Waals surface area contributed by atoms with Crippen LogP contribution >= 0.6 is 44.5 Å². The molecule has 0 spiro atoms. The third-order valence-corrected chi connectivity index (χ3v) is 3.66. The molecule has 0 aliphatic carbocycles. The maximum Gasteiger partial charge on any atom is 0.269 e. The van der Waals surface area contributed by atoms with Gasteiger partial charge in [0, 0.05) is 18.7 Å². The number of rotatable bonds is 5. The molecule has 1 amide bonds. The standard InChI is InChI=1S/C11H12Br2N2O3S/c12-7-3-6(4-8(13)10(7)16)5-9(15-18)11(17)14-1-2-19/h3-4,16,18-19H,1-2,5H2,(H,14,17)/b15-9+. The smallest absolute Gasteiger partial charge is 0.269 e. The normalized spacial score (nSPS) is 11.4. The van der Waals surface area contributed by atoms with Crippen LogP contribution in [0.15, 0.2) is 26.2 Å². The zero-order chi connectivity index (χ0) is 14.4. The van der Waals surface area contributed by atoms with Crippen LogP contribution < -0.4 is 5.32 Å². The molecular formula is C11H12Br2N2O3S. The van der Waals surface area contributed by atoms with Crippen LogP contribution in [0.5, 0.6) is 5.75 Å². The molecule has 0 saturated carbocycles. The van der Waals surface area contributed by atoms with Gasteiger partial charge in [0.1, 0.15) is 11.5 Å². The quantitative estimate of drug-likeness (QED) is 0.260. The molecule has 0 aliphatic heterocycles. The predicted octanol–water partition coefficient (Wildman–Crippen LogP) is 2.34. The maximum atomic E-state index is 11.7. The van der Waals surface area contributed by atoms with Crippen LogP contribution in [0.3, 0.4) is 0 Å². The first-order chi connectivity index (χ1) is 8.99. The Morgan fingerprint density at radius 2 is 1.95 bits per heavy atom. The van der Waals surface area contributed by atoms with E-state index in [0.717, 1.165) is 0 Å². The lowest BCUT2D eigenvalue weighted by molar-refractivity contribution is -0.114. The van der Waals surface area contributed by atoms with E-state index >= 15 is 0 Å². The number of oxime groups is 1. The number of nitrogens with zero attached hydrogens (tertiary/aromatic N) is 1. The molecule has 0 aromatic heterocycles. The van der Waals surface area contributed by atoms with Gasteiger partial charge in [-0.05, 0) is 49.6 Å². The summed E-state index contributed by atoms with van der Waals surface area (Å²) in [6, 6.07) is 3.30. The van der Waals surface area contributed by atoms with E-state index in [1.54, 1.807) is 12.1 Å². The average molecular weight is 412 g/mol. The third-order valence-electron chi connectivity index (χ3n) is 2.23. The largest absolute Gasteiger partial charge is 0.506 e. The van der Waals surface area contributed by atoms with Crippen LogP contribution in [0.1, 0.15) is 5.56 Å². The van der Waals surface area contributed by atoms with Crippen molar-refractivity contribution in [3.63, 3.8) is 0 Å². The second-order valence-corrected chi connectivity index (χ2v) is 5.77. The number of benzene rings is 1. The zero-order valence-corrected chi connectivity index (χ0v) is 13.8. The van der Waals surface area contributed by atoms with Gasteiger partial charge in [-0.2, -0.15) is 12.6 Å². The molecule has 1 aromatic rings. The van der Waals surface area contributed by atoms with Crippen molar-refractivity contribution < 1.29 is 15.1 Å². The number of halogens is 2. The topological polar surface area (TPSA) is 81.9 Å². The van der Waals surface area contributed by atoms with Crippen LogP contribution in [-0.4, -0.2) is 34.2 Å². The van der Waals surface area contributed by atoms with Gasteiger partial charge >= 0.3 is 0 Å². The van der Waals surface area contributed by atoms with Gasteiger partial charge in [0.2, 0.25) is 0 Å². The summed E-state index contributed by atoms with van der Waals surface area (Å²) in [5.41, 5.74) is 0.705. The highest BCUT2D eigenvalue weighted by Crippen LogP contribution is 2.33. The van der Waals surface area contributed by atoms with Gasteiger partial charge in [-0.1, -0.05) is 5.16 Å². The molecule has 1 rings (SSSR count). The van der Waals surface area contributed by atoms with Crippen molar-refractivity contribution in [2.45, 2.75) is 6.42 Å². The van der Waals surface area contributed by atoms with Crippen LogP contribution in [-0.2, 0) is 11.2 Å². The molecule has 5 nitrogen and oxygen atoms in total. The van der Waals surface area contributed by atoms with Gasteiger partial charge in [0.15, 0.2) is 0 Å².